The van der Waals surface area contributed by atoms with Crippen molar-refractivity contribution in [3.63, 3.8) is 0 Å². The molecule has 0 rings (SSSR count). The van der Waals surface area contributed by atoms with Gasteiger partial charge in [-0.15, -0.1) is 0 Å². The molecule has 0 aliphatic rings. The Morgan fingerprint density at radius 3 is 2.57 bits per heavy atom. The highest BCUT2D eigenvalue weighted by molar-refractivity contribution is 5.76. The minimum absolute atomic E-state index is 0.240. The van der Waals surface area contributed by atoms with Gasteiger partial charge in [0.25, 0.3) is 0 Å². The van der Waals surface area contributed by atoms with Crippen LogP contribution in [0.1, 0.15) is 13.3 Å². The normalized spacial score (nSPS) is 14.1. The number of nitrogens with zero attached hydrogens (tertiary/aromatic N) is 2. The van der Waals surface area contributed by atoms with Gasteiger partial charge in [-0.25, -0.2) is 0 Å². The van der Waals surface area contributed by atoms with Gasteiger partial charge in [0.05, 0.1) is 0 Å². The van der Waals surface area contributed by atoms with Crippen LogP contribution in [0.15, 0.2) is 5.16 Å². The van der Waals surface area contributed by atoms with Crippen molar-refractivity contribution in [2.75, 3.05) is 20.7 Å². The van der Waals surface area contributed by atoms with Crippen LogP contribution in [0.5, 0.6) is 0 Å². The summed E-state index contributed by atoms with van der Waals surface area (Å²) in [5.74, 6) is -0.547. The Labute approximate surface area is 83.3 Å². The van der Waals surface area contributed by atoms with E-state index < -0.39 is 12.0 Å². The van der Waals surface area contributed by atoms with Crippen molar-refractivity contribution in [2.45, 2.75) is 19.4 Å². The number of carboxylic acid groups (broad SMARTS) is 1. The van der Waals surface area contributed by atoms with Crippen molar-refractivity contribution >= 4 is 11.8 Å². The van der Waals surface area contributed by atoms with Crippen molar-refractivity contribution in [2.24, 2.45) is 10.9 Å². The molecular weight excluding hydrogens is 186 g/mol. The Balaban J connectivity index is 3.84. The fourth-order valence-corrected chi connectivity index (χ4v) is 0.914. The van der Waals surface area contributed by atoms with Gasteiger partial charge in [0.2, 0.25) is 0 Å². The fraction of sp³-hybridized carbons (Fsp3) is 0.750. The number of carbonyl (C=O) groups is 1. The Hall–Kier alpha value is -1.30. The largest absolute Gasteiger partial charge is 0.480 e. The molecule has 0 aromatic heterocycles. The van der Waals surface area contributed by atoms with Crippen LogP contribution in [0.4, 0.5) is 0 Å². The highest BCUT2D eigenvalue weighted by Gasteiger charge is 2.19. The van der Waals surface area contributed by atoms with Crippen molar-refractivity contribution in [1.29, 1.82) is 0 Å². The van der Waals surface area contributed by atoms with E-state index in [4.69, 9.17) is 15.7 Å². The smallest absolute Gasteiger partial charge is 0.321 e. The van der Waals surface area contributed by atoms with Gasteiger partial charge in [-0.05, 0) is 21.0 Å². The molecule has 0 saturated heterocycles. The fourth-order valence-electron chi connectivity index (χ4n) is 0.914. The van der Waals surface area contributed by atoms with E-state index in [0.717, 1.165) is 0 Å². The lowest BCUT2D eigenvalue weighted by Crippen LogP contribution is -2.36. The molecule has 82 valence electrons. The molecule has 3 N–H and O–H groups in total. The second kappa shape index (κ2) is 6.20. The molecule has 0 unspecified atom stereocenters. The number of oxime groups is 1. The van der Waals surface area contributed by atoms with Gasteiger partial charge >= 0.3 is 5.97 Å². The first kappa shape index (κ1) is 12.7. The first-order valence-electron chi connectivity index (χ1n) is 4.26. The molecule has 6 heteroatoms. The molecule has 0 spiro atoms. The summed E-state index contributed by atoms with van der Waals surface area (Å²) in [6.07, 6.45) is 0.374. The zero-order valence-electron chi connectivity index (χ0n) is 8.73. The summed E-state index contributed by atoms with van der Waals surface area (Å²) in [5, 5.41) is 12.3. The van der Waals surface area contributed by atoms with Gasteiger partial charge in [-0.1, -0.05) is 5.16 Å². The number of nitrogens with two attached hydrogens (primary N) is 1. The summed E-state index contributed by atoms with van der Waals surface area (Å²) in [6, 6.07) is -0.553. The van der Waals surface area contributed by atoms with Crippen LogP contribution in [0, 0.1) is 0 Å². The number of hydrogen-bond acceptors (Lipinski definition) is 4. The van der Waals surface area contributed by atoms with Gasteiger partial charge in [0.15, 0.2) is 0 Å². The minimum atomic E-state index is -0.868. The second-order valence-corrected chi connectivity index (χ2v) is 3.17. The predicted octanol–water partition coefficient (Wildman–Crippen LogP) is -0.300. The molecule has 0 bridgehead atoms. The monoisotopic (exact) mass is 203 g/mol. The summed E-state index contributed by atoms with van der Waals surface area (Å²) >= 11 is 0. The summed E-state index contributed by atoms with van der Waals surface area (Å²) in [5.41, 5.74) is 5.23. The van der Waals surface area contributed by atoms with Crippen LogP contribution < -0.4 is 5.73 Å². The maximum atomic E-state index is 10.7. The van der Waals surface area contributed by atoms with Crippen LogP contribution in [0.3, 0.4) is 0 Å². The van der Waals surface area contributed by atoms with E-state index in [-0.39, 0.29) is 6.61 Å². The Morgan fingerprint density at radius 2 is 2.21 bits per heavy atom. The van der Waals surface area contributed by atoms with E-state index in [9.17, 15) is 4.79 Å². The molecule has 0 aromatic carbocycles. The quantitative estimate of drug-likeness (QED) is 0.268. The molecule has 14 heavy (non-hydrogen) atoms. The van der Waals surface area contributed by atoms with Crippen LogP contribution >= 0.6 is 0 Å². The SMILES string of the molecule is C/C(N)=N/OCC[C@@H](C(=O)O)N(C)C. The second-order valence-electron chi connectivity index (χ2n) is 3.17. The first-order valence-corrected chi connectivity index (χ1v) is 4.26. The maximum absolute atomic E-state index is 10.7. The van der Waals surface area contributed by atoms with Crippen LogP contribution in [0.2, 0.25) is 0 Å². The topological polar surface area (TPSA) is 88.2 Å². The van der Waals surface area contributed by atoms with Gasteiger partial charge in [0, 0.05) is 6.42 Å². The van der Waals surface area contributed by atoms with E-state index >= 15 is 0 Å². The van der Waals surface area contributed by atoms with Crippen molar-refractivity contribution in [1.82, 2.24) is 4.90 Å². The predicted molar refractivity (Wildman–Crippen MR) is 53.0 cm³/mol. The maximum Gasteiger partial charge on any atom is 0.321 e. The Kier molecular flexibility index (Phi) is 5.62. The zero-order chi connectivity index (χ0) is 11.1. The number of hydrogen-bond donors (Lipinski definition) is 2. The summed E-state index contributed by atoms with van der Waals surface area (Å²) < 4.78 is 0. The summed E-state index contributed by atoms with van der Waals surface area (Å²) in [7, 11) is 3.41. The molecule has 0 amide bonds. The van der Waals surface area contributed by atoms with Gasteiger partial charge < -0.3 is 15.7 Å². The van der Waals surface area contributed by atoms with Crippen molar-refractivity contribution < 1.29 is 14.7 Å². The number of likely N-dealkylation sites (N-methyl/N-ethyl adjacent to an activating group) is 1. The molecule has 0 aromatic rings. The van der Waals surface area contributed by atoms with E-state index in [1.165, 1.54) is 0 Å². The molecule has 0 saturated carbocycles. The highest BCUT2D eigenvalue weighted by Crippen LogP contribution is 2.00. The van der Waals surface area contributed by atoms with Gasteiger partial charge in [-0.3, -0.25) is 9.69 Å². The lowest BCUT2D eigenvalue weighted by Gasteiger charge is -2.18. The van der Waals surface area contributed by atoms with Crippen molar-refractivity contribution in [3.8, 4) is 0 Å². The number of rotatable bonds is 6. The molecule has 0 aliphatic heterocycles. The van der Waals surface area contributed by atoms with Gasteiger partial charge in [-0.2, -0.15) is 0 Å². The number of carboxylic acids is 1. The van der Waals surface area contributed by atoms with Crippen LogP contribution in [-0.4, -0.2) is 48.6 Å². The number of amidine groups is 1. The molecule has 1 atom stereocenters. The molecule has 0 radical (unpaired) electrons. The molecule has 0 fully saturated rings. The van der Waals surface area contributed by atoms with E-state index in [0.29, 0.717) is 12.3 Å². The highest BCUT2D eigenvalue weighted by atomic mass is 16.6. The average Bonchev–Trinajstić information content (AvgIpc) is 2.01. The van der Waals surface area contributed by atoms with Crippen molar-refractivity contribution in [3.05, 3.63) is 0 Å². The Morgan fingerprint density at radius 1 is 1.64 bits per heavy atom. The molecule has 0 aliphatic carbocycles. The first-order chi connectivity index (χ1) is 6.45. The lowest BCUT2D eigenvalue weighted by atomic mass is 10.2. The molecular formula is C8H17N3O3. The Bertz CT molecular complexity index is 212. The third-order valence-electron chi connectivity index (χ3n) is 1.60. The third-order valence-corrected chi connectivity index (χ3v) is 1.60. The summed E-state index contributed by atoms with van der Waals surface area (Å²) in [4.78, 5) is 17.1. The van der Waals surface area contributed by atoms with E-state index in [1.807, 2.05) is 0 Å². The summed E-state index contributed by atoms with van der Waals surface area (Å²) in [6.45, 7) is 1.84. The van der Waals surface area contributed by atoms with E-state index in [1.54, 1.807) is 25.9 Å². The molecule has 0 heterocycles. The molecule has 6 nitrogen and oxygen atoms in total. The van der Waals surface area contributed by atoms with Crippen LogP contribution in [-0.2, 0) is 9.63 Å². The standard InChI is InChI=1S/C8H17N3O3/c1-6(9)10-14-5-4-7(8(12)13)11(2)3/h7H,4-5H2,1-3H3,(H2,9,10)(H,12,13)/t7-/m0/s1. The third kappa shape index (κ3) is 5.36. The van der Waals surface area contributed by atoms with Gasteiger partial charge in [0.1, 0.15) is 18.5 Å². The lowest BCUT2D eigenvalue weighted by molar-refractivity contribution is -0.143. The average molecular weight is 203 g/mol. The zero-order valence-corrected chi connectivity index (χ0v) is 8.73. The van der Waals surface area contributed by atoms with Crippen LogP contribution in [0.25, 0.3) is 0 Å². The minimum Gasteiger partial charge on any atom is -0.480 e. The van der Waals surface area contributed by atoms with E-state index in [2.05, 4.69) is 5.16 Å². The number of aliphatic carboxylic acids is 1.